The van der Waals surface area contributed by atoms with E-state index in [2.05, 4.69) is 0 Å². The van der Waals surface area contributed by atoms with Crippen LogP contribution in [0.5, 0.6) is 0 Å². The molecular formula is C11H8F3NO. The minimum Gasteiger partial charge on any atom is -0.441 e. The van der Waals surface area contributed by atoms with Gasteiger partial charge in [0.1, 0.15) is 5.76 Å². The topological polar surface area (TPSA) is 39.2 Å². The molecule has 5 heteroatoms. The van der Waals surface area contributed by atoms with Gasteiger partial charge in [0, 0.05) is 11.6 Å². The number of furan rings is 1. The Kier molecular flexibility index (Phi) is 2.38. The summed E-state index contributed by atoms with van der Waals surface area (Å²) in [7, 11) is 0. The van der Waals surface area contributed by atoms with E-state index in [0.717, 1.165) is 6.07 Å². The summed E-state index contributed by atoms with van der Waals surface area (Å²) in [5.41, 5.74) is 4.59. The number of hydrogen-bond donors (Lipinski definition) is 1. The van der Waals surface area contributed by atoms with E-state index in [1.165, 1.54) is 30.3 Å². The Bertz CT molecular complexity index is 502. The number of rotatable bonds is 1. The first-order chi connectivity index (χ1) is 7.48. The molecule has 0 spiro atoms. The molecule has 2 aromatic rings. The minimum absolute atomic E-state index is 0.00769. The second kappa shape index (κ2) is 3.59. The molecule has 16 heavy (non-hydrogen) atoms. The monoisotopic (exact) mass is 227 g/mol. The van der Waals surface area contributed by atoms with Crippen molar-refractivity contribution in [3.05, 3.63) is 42.0 Å². The molecule has 1 heterocycles. The highest BCUT2D eigenvalue weighted by molar-refractivity contribution is 5.64. The third-order valence-corrected chi connectivity index (χ3v) is 2.12. The summed E-state index contributed by atoms with van der Waals surface area (Å²) in [6.45, 7) is 0. The third-order valence-electron chi connectivity index (χ3n) is 2.12. The number of hydrogen-bond acceptors (Lipinski definition) is 2. The smallest absolute Gasteiger partial charge is 0.417 e. The van der Waals surface area contributed by atoms with Gasteiger partial charge in [0.2, 0.25) is 0 Å². The predicted octanol–water partition coefficient (Wildman–Crippen LogP) is 3.55. The number of benzene rings is 1. The normalized spacial score (nSPS) is 11.7. The predicted molar refractivity (Wildman–Crippen MR) is 53.6 cm³/mol. The van der Waals surface area contributed by atoms with E-state index >= 15 is 0 Å². The molecule has 0 fully saturated rings. The van der Waals surface area contributed by atoms with Gasteiger partial charge < -0.3 is 10.2 Å². The van der Waals surface area contributed by atoms with Gasteiger partial charge in [-0.3, -0.25) is 0 Å². The van der Waals surface area contributed by atoms with Crippen molar-refractivity contribution in [1.82, 2.24) is 0 Å². The van der Waals surface area contributed by atoms with Crippen LogP contribution in [-0.4, -0.2) is 0 Å². The fraction of sp³-hybridized carbons (Fsp3) is 0.0909. The Labute approximate surface area is 89.5 Å². The first-order valence-corrected chi connectivity index (χ1v) is 4.50. The Hall–Kier alpha value is -1.91. The third kappa shape index (κ3) is 1.88. The minimum atomic E-state index is -4.40. The molecule has 84 valence electrons. The number of nitrogens with two attached hydrogens (primary N) is 1. The Morgan fingerprint density at radius 3 is 2.25 bits per heavy atom. The molecule has 0 saturated heterocycles. The van der Waals surface area contributed by atoms with E-state index in [1.807, 2.05) is 0 Å². The number of nitrogen functional groups attached to an aromatic ring is 1. The Morgan fingerprint density at radius 1 is 1.00 bits per heavy atom. The highest BCUT2D eigenvalue weighted by Gasteiger charge is 2.33. The molecule has 0 saturated carbocycles. The molecular weight excluding hydrogens is 219 g/mol. The molecule has 2 nitrogen and oxygen atoms in total. The second-order valence-electron chi connectivity index (χ2n) is 3.25. The first kappa shape index (κ1) is 10.6. The van der Waals surface area contributed by atoms with Gasteiger partial charge in [0.25, 0.3) is 0 Å². The standard InChI is InChI=1S/C11H8F3NO/c12-11(13,14)8-4-2-1-3-7(8)9-5-6-10(15)16-9/h1-6H,15H2. The molecule has 2 N–H and O–H groups in total. The molecule has 0 bridgehead atoms. The van der Waals surface area contributed by atoms with E-state index in [4.69, 9.17) is 10.2 Å². The largest absolute Gasteiger partial charge is 0.441 e. The fourth-order valence-electron chi connectivity index (χ4n) is 1.44. The van der Waals surface area contributed by atoms with E-state index in [9.17, 15) is 13.2 Å². The van der Waals surface area contributed by atoms with Crippen molar-refractivity contribution in [3.8, 4) is 11.3 Å². The highest BCUT2D eigenvalue weighted by Crippen LogP contribution is 2.37. The lowest BCUT2D eigenvalue weighted by molar-refractivity contribution is -0.137. The van der Waals surface area contributed by atoms with Crippen molar-refractivity contribution in [1.29, 1.82) is 0 Å². The van der Waals surface area contributed by atoms with Crippen LogP contribution in [0.1, 0.15) is 5.56 Å². The van der Waals surface area contributed by atoms with Gasteiger partial charge in [0.05, 0.1) is 5.56 Å². The summed E-state index contributed by atoms with van der Waals surface area (Å²) < 4.78 is 43.0. The van der Waals surface area contributed by atoms with Gasteiger partial charge in [-0.1, -0.05) is 18.2 Å². The zero-order chi connectivity index (χ0) is 11.8. The molecule has 0 aliphatic heterocycles. The molecule has 0 amide bonds. The highest BCUT2D eigenvalue weighted by atomic mass is 19.4. The quantitative estimate of drug-likeness (QED) is 0.809. The van der Waals surface area contributed by atoms with Crippen molar-refractivity contribution in [2.24, 2.45) is 0 Å². The van der Waals surface area contributed by atoms with Crippen LogP contribution in [0.3, 0.4) is 0 Å². The van der Waals surface area contributed by atoms with Gasteiger partial charge in [0.15, 0.2) is 5.88 Å². The van der Waals surface area contributed by atoms with E-state index in [-0.39, 0.29) is 17.2 Å². The fourth-order valence-corrected chi connectivity index (χ4v) is 1.44. The van der Waals surface area contributed by atoms with Gasteiger partial charge >= 0.3 is 6.18 Å². The number of anilines is 1. The average molecular weight is 227 g/mol. The second-order valence-corrected chi connectivity index (χ2v) is 3.25. The van der Waals surface area contributed by atoms with Crippen LogP contribution in [0.2, 0.25) is 0 Å². The maximum atomic E-state index is 12.7. The van der Waals surface area contributed by atoms with Gasteiger partial charge in [-0.25, -0.2) is 0 Å². The molecule has 0 atom stereocenters. The van der Waals surface area contributed by atoms with Crippen LogP contribution in [0.4, 0.5) is 19.1 Å². The van der Waals surface area contributed by atoms with E-state index in [1.54, 1.807) is 0 Å². The van der Waals surface area contributed by atoms with Crippen molar-refractivity contribution < 1.29 is 17.6 Å². The summed E-state index contributed by atoms with van der Waals surface area (Å²) in [5, 5.41) is 0. The van der Waals surface area contributed by atoms with Crippen LogP contribution in [0.25, 0.3) is 11.3 Å². The summed E-state index contributed by atoms with van der Waals surface area (Å²) in [5.74, 6) is 0.206. The van der Waals surface area contributed by atoms with Crippen molar-refractivity contribution in [3.63, 3.8) is 0 Å². The number of halogens is 3. The number of alkyl halides is 3. The average Bonchev–Trinajstić information content (AvgIpc) is 2.64. The van der Waals surface area contributed by atoms with E-state index < -0.39 is 11.7 Å². The molecule has 0 aliphatic carbocycles. The van der Waals surface area contributed by atoms with Crippen LogP contribution in [0, 0.1) is 0 Å². The van der Waals surface area contributed by atoms with Crippen molar-refractivity contribution >= 4 is 5.88 Å². The molecule has 0 radical (unpaired) electrons. The lowest BCUT2D eigenvalue weighted by Gasteiger charge is -2.10. The van der Waals surface area contributed by atoms with Crippen molar-refractivity contribution in [2.75, 3.05) is 5.73 Å². The lowest BCUT2D eigenvalue weighted by Crippen LogP contribution is -2.06. The maximum absolute atomic E-state index is 12.7. The van der Waals surface area contributed by atoms with Gasteiger partial charge in [-0.05, 0) is 12.1 Å². The van der Waals surface area contributed by atoms with Crippen LogP contribution < -0.4 is 5.73 Å². The van der Waals surface area contributed by atoms with Crippen LogP contribution in [0.15, 0.2) is 40.8 Å². The zero-order valence-corrected chi connectivity index (χ0v) is 8.08. The van der Waals surface area contributed by atoms with Gasteiger partial charge in [-0.15, -0.1) is 0 Å². The van der Waals surface area contributed by atoms with Crippen LogP contribution >= 0.6 is 0 Å². The summed E-state index contributed by atoms with van der Waals surface area (Å²) >= 11 is 0. The summed E-state index contributed by atoms with van der Waals surface area (Å²) in [6.07, 6.45) is -4.40. The maximum Gasteiger partial charge on any atom is 0.417 e. The summed E-state index contributed by atoms with van der Waals surface area (Å²) in [6, 6.07) is 8.04. The Morgan fingerprint density at radius 2 is 1.69 bits per heavy atom. The zero-order valence-electron chi connectivity index (χ0n) is 8.08. The Balaban J connectivity index is 2.57. The molecule has 2 rings (SSSR count). The van der Waals surface area contributed by atoms with Gasteiger partial charge in [-0.2, -0.15) is 13.2 Å². The molecule has 1 aromatic carbocycles. The molecule has 1 aromatic heterocycles. The molecule has 0 aliphatic rings. The lowest BCUT2D eigenvalue weighted by atomic mass is 10.1. The SMILES string of the molecule is Nc1ccc(-c2ccccc2C(F)(F)F)o1. The summed E-state index contributed by atoms with van der Waals surface area (Å²) in [4.78, 5) is 0. The van der Waals surface area contributed by atoms with Crippen LogP contribution in [-0.2, 0) is 6.18 Å². The van der Waals surface area contributed by atoms with E-state index in [0.29, 0.717) is 0 Å². The molecule has 0 unspecified atom stereocenters. The van der Waals surface area contributed by atoms with Crippen molar-refractivity contribution in [2.45, 2.75) is 6.18 Å². The first-order valence-electron chi connectivity index (χ1n) is 4.50.